The van der Waals surface area contributed by atoms with Gasteiger partial charge in [-0.25, -0.2) is 9.78 Å². The first-order valence-electron chi connectivity index (χ1n) is 6.63. The summed E-state index contributed by atoms with van der Waals surface area (Å²) in [6.45, 7) is 3.77. The fourth-order valence-electron chi connectivity index (χ4n) is 1.86. The van der Waals surface area contributed by atoms with E-state index >= 15 is 0 Å². The van der Waals surface area contributed by atoms with E-state index in [1.54, 1.807) is 12.1 Å². The Morgan fingerprint density at radius 2 is 2.10 bits per heavy atom. The highest BCUT2D eigenvalue weighted by molar-refractivity contribution is 5.96. The second-order valence-corrected chi connectivity index (χ2v) is 5.18. The van der Waals surface area contributed by atoms with Crippen LogP contribution < -0.4 is 10.1 Å². The van der Waals surface area contributed by atoms with Crippen LogP contribution in [0.25, 0.3) is 0 Å². The standard InChI is InChI=1S/C14H18N2O4/c1-8(2)20-11-6-5-10(7-15-11)13(17)16-12(14(18)19)9-3-4-9/h5-9,12H,3-4H2,1-2H3,(H,16,17)(H,18,19). The molecule has 108 valence electrons. The van der Waals surface area contributed by atoms with E-state index in [0.717, 1.165) is 12.8 Å². The molecule has 2 rings (SSSR count). The molecule has 1 atom stereocenters. The molecule has 2 N–H and O–H groups in total. The number of carbonyl (C=O) groups is 2. The molecule has 0 bridgehead atoms. The predicted octanol–water partition coefficient (Wildman–Crippen LogP) is 1.46. The number of amides is 1. The van der Waals surface area contributed by atoms with E-state index in [2.05, 4.69) is 10.3 Å². The Morgan fingerprint density at radius 1 is 1.40 bits per heavy atom. The van der Waals surface area contributed by atoms with Gasteiger partial charge in [-0.15, -0.1) is 0 Å². The second-order valence-electron chi connectivity index (χ2n) is 5.18. The van der Waals surface area contributed by atoms with Crippen LogP contribution in [-0.2, 0) is 4.79 Å². The highest BCUT2D eigenvalue weighted by Gasteiger charge is 2.37. The molecule has 0 saturated heterocycles. The van der Waals surface area contributed by atoms with Gasteiger partial charge in [-0.05, 0) is 38.7 Å². The molecule has 0 aromatic carbocycles. The Bertz CT molecular complexity index is 494. The number of carboxylic acid groups (broad SMARTS) is 1. The summed E-state index contributed by atoms with van der Waals surface area (Å²) in [4.78, 5) is 27.1. The lowest BCUT2D eigenvalue weighted by atomic mass is 10.1. The van der Waals surface area contributed by atoms with Crippen molar-refractivity contribution in [2.45, 2.75) is 38.8 Å². The van der Waals surface area contributed by atoms with Crippen molar-refractivity contribution in [3.05, 3.63) is 23.9 Å². The van der Waals surface area contributed by atoms with Crippen LogP contribution in [0.5, 0.6) is 5.88 Å². The van der Waals surface area contributed by atoms with Crippen molar-refractivity contribution in [3.8, 4) is 5.88 Å². The first-order valence-corrected chi connectivity index (χ1v) is 6.63. The van der Waals surface area contributed by atoms with Gasteiger partial charge in [0.25, 0.3) is 5.91 Å². The zero-order chi connectivity index (χ0) is 14.7. The minimum atomic E-state index is -0.992. The van der Waals surface area contributed by atoms with Crippen LogP contribution in [0.4, 0.5) is 0 Å². The summed E-state index contributed by atoms with van der Waals surface area (Å²) in [5.41, 5.74) is 0.327. The van der Waals surface area contributed by atoms with E-state index in [0.29, 0.717) is 11.4 Å². The quantitative estimate of drug-likeness (QED) is 0.822. The minimum absolute atomic E-state index is 0.00781. The summed E-state index contributed by atoms with van der Waals surface area (Å²) in [6.07, 6.45) is 3.08. The highest BCUT2D eigenvalue weighted by atomic mass is 16.5. The van der Waals surface area contributed by atoms with Crippen LogP contribution in [0.15, 0.2) is 18.3 Å². The molecule has 6 nitrogen and oxygen atoms in total. The average Bonchev–Trinajstić information content (AvgIpc) is 3.19. The number of carboxylic acids is 1. The van der Waals surface area contributed by atoms with Crippen LogP contribution in [-0.4, -0.2) is 34.1 Å². The summed E-state index contributed by atoms with van der Waals surface area (Å²) in [5, 5.41) is 11.6. The normalized spacial score (nSPS) is 15.8. The minimum Gasteiger partial charge on any atom is -0.480 e. The third-order valence-electron chi connectivity index (χ3n) is 3.00. The van der Waals surface area contributed by atoms with Gasteiger partial charge in [0, 0.05) is 12.3 Å². The number of hydrogen-bond donors (Lipinski definition) is 2. The monoisotopic (exact) mass is 278 g/mol. The molecule has 1 heterocycles. The number of nitrogens with zero attached hydrogens (tertiary/aromatic N) is 1. The summed E-state index contributed by atoms with van der Waals surface area (Å²) < 4.78 is 5.38. The molecule has 1 aliphatic carbocycles. The SMILES string of the molecule is CC(C)Oc1ccc(C(=O)NC(C(=O)O)C2CC2)cn1. The van der Waals surface area contributed by atoms with Crippen molar-refractivity contribution in [1.29, 1.82) is 0 Å². The lowest BCUT2D eigenvalue weighted by Crippen LogP contribution is -2.42. The Kier molecular flexibility index (Phi) is 4.22. The second kappa shape index (κ2) is 5.90. The van der Waals surface area contributed by atoms with Gasteiger partial charge in [0.2, 0.25) is 5.88 Å². The van der Waals surface area contributed by atoms with E-state index in [-0.39, 0.29) is 12.0 Å². The topological polar surface area (TPSA) is 88.5 Å². The first-order chi connectivity index (χ1) is 9.47. The summed E-state index contributed by atoms with van der Waals surface area (Å²) in [5.74, 6) is -0.928. The zero-order valence-corrected chi connectivity index (χ0v) is 11.5. The van der Waals surface area contributed by atoms with Crippen LogP contribution in [0.1, 0.15) is 37.0 Å². The Labute approximate surface area is 117 Å². The van der Waals surface area contributed by atoms with Gasteiger partial charge in [0.05, 0.1) is 11.7 Å². The summed E-state index contributed by atoms with van der Waals surface area (Å²) in [6, 6.07) is 2.36. The van der Waals surface area contributed by atoms with Crippen molar-refractivity contribution >= 4 is 11.9 Å². The molecular weight excluding hydrogens is 260 g/mol. The predicted molar refractivity (Wildman–Crippen MR) is 71.6 cm³/mol. The van der Waals surface area contributed by atoms with Gasteiger partial charge < -0.3 is 15.2 Å². The van der Waals surface area contributed by atoms with E-state index in [1.165, 1.54) is 6.20 Å². The lowest BCUT2D eigenvalue weighted by molar-refractivity contribution is -0.139. The van der Waals surface area contributed by atoms with Crippen molar-refractivity contribution in [3.63, 3.8) is 0 Å². The maximum Gasteiger partial charge on any atom is 0.326 e. The molecule has 1 saturated carbocycles. The van der Waals surface area contributed by atoms with Crippen LogP contribution in [0.3, 0.4) is 0 Å². The Morgan fingerprint density at radius 3 is 2.55 bits per heavy atom. The number of rotatable bonds is 6. The Balaban J connectivity index is 1.99. The van der Waals surface area contributed by atoms with Crippen LogP contribution in [0.2, 0.25) is 0 Å². The number of aromatic nitrogens is 1. The maximum absolute atomic E-state index is 12.0. The Hall–Kier alpha value is -2.11. The fourth-order valence-corrected chi connectivity index (χ4v) is 1.86. The number of pyridine rings is 1. The third-order valence-corrected chi connectivity index (χ3v) is 3.00. The molecule has 1 aliphatic rings. The van der Waals surface area contributed by atoms with Crippen LogP contribution >= 0.6 is 0 Å². The average molecular weight is 278 g/mol. The zero-order valence-electron chi connectivity index (χ0n) is 11.5. The summed E-state index contributed by atoms with van der Waals surface area (Å²) >= 11 is 0. The van der Waals surface area contributed by atoms with Crippen LogP contribution in [0, 0.1) is 5.92 Å². The molecule has 20 heavy (non-hydrogen) atoms. The first kappa shape index (κ1) is 14.3. The molecule has 1 unspecified atom stereocenters. The number of aliphatic carboxylic acids is 1. The molecule has 1 amide bonds. The van der Waals surface area contributed by atoms with Gasteiger partial charge in [-0.1, -0.05) is 0 Å². The molecule has 1 fully saturated rings. The molecule has 0 aliphatic heterocycles. The van der Waals surface area contributed by atoms with Gasteiger partial charge in [0.15, 0.2) is 0 Å². The van der Waals surface area contributed by atoms with Gasteiger partial charge in [-0.3, -0.25) is 4.79 Å². The van der Waals surface area contributed by atoms with E-state index < -0.39 is 17.9 Å². The molecule has 0 radical (unpaired) electrons. The highest BCUT2D eigenvalue weighted by Crippen LogP contribution is 2.32. The molecular formula is C14H18N2O4. The van der Waals surface area contributed by atoms with Crippen molar-refractivity contribution in [2.75, 3.05) is 0 Å². The third kappa shape index (κ3) is 3.69. The molecule has 6 heteroatoms. The van der Waals surface area contributed by atoms with Crippen molar-refractivity contribution in [2.24, 2.45) is 5.92 Å². The largest absolute Gasteiger partial charge is 0.480 e. The number of nitrogens with one attached hydrogen (secondary N) is 1. The molecule has 1 aromatic rings. The van der Waals surface area contributed by atoms with E-state index in [1.807, 2.05) is 13.8 Å². The van der Waals surface area contributed by atoms with Crippen molar-refractivity contribution < 1.29 is 19.4 Å². The van der Waals surface area contributed by atoms with Crippen molar-refractivity contribution in [1.82, 2.24) is 10.3 Å². The lowest BCUT2D eigenvalue weighted by Gasteiger charge is -2.13. The molecule has 0 spiro atoms. The molecule has 1 aromatic heterocycles. The van der Waals surface area contributed by atoms with E-state index in [4.69, 9.17) is 9.84 Å². The van der Waals surface area contributed by atoms with Gasteiger partial charge in [0.1, 0.15) is 6.04 Å². The number of ether oxygens (including phenoxy) is 1. The summed E-state index contributed by atoms with van der Waals surface area (Å²) in [7, 11) is 0. The van der Waals surface area contributed by atoms with E-state index in [9.17, 15) is 9.59 Å². The van der Waals surface area contributed by atoms with Gasteiger partial charge >= 0.3 is 5.97 Å². The number of carbonyl (C=O) groups excluding carboxylic acids is 1. The maximum atomic E-state index is 12.0. The fraction of sp³-hybridized carbons (Fsp3) is 0.500. The van der Waals surface area contributed by atoms with Gasteiger partial charge in [-0.2, -0.15) is 0 Å². The number of hydrogen-bond acceptors (Lipinski definition) is 4. The smallest absolute Gasteiger partial charge is 0.326 e.